The summed E-state index contributed by atoms with van der Waals surface area (Å²) in [4.78, 5) is 14.9. The van der Waals surface area contributed by atoms with Crippen molar-refractivity contribution >= 4 is 17.5 Å². The van der Waals surface area contributed by atoms with Crippen LogP contribution in [0.5, 0.6) is 11.5 Å². The molecule has 4 nitrogen and oxygen atoms in total. The molecule has 0 saturated heterocycles. The molecule has 1 aliphatic heterocycles. The highest BCUT2D eigenvalue weighted by Gasteiger charge is 2.27. The molecule has 0 fully saturated rings. The fourth-order valence-electron chi connectivity index (χ4n) is 3.08. The lowest BCUT2D eigenvalue weighted by atomic mass is 10.1. The molecule has 0 bridgehead atoms. The molecule has 0 unspecified atom stereocenters. The summed E-state index contributed by atoms with van der Waals surface area (Å²) in [6, 6.07) is 13.5. The van der Waals surface area contributed by atoms with Crippen molar-refractivity contribution in [3.63, 3.8) is 0 Å². The van der Waals surface area contributed by atoms with Gasteiger partial charge in [0.2, 0.25) is 5.78 Å². The third kappa shape index (κ3) is 4.45. The van der Waals surface area contributed by atoms with Gasteiger partial charge in [0.05, 0.1) is 5.56 Å². The molecule has 4 heteroatoms. The van der Waals surface area contributed by atoms with E-state index < -0.39 is 0 Å². The van der Waals surface area contributed by atoms with Gasteiger partial charge in [-0.2, -0.15) is 0 Å². The maximum atomic E-state index is 12.6. The van der Waals surface area contributed by atoms with Crippen LogP contribution in [0.25, 0.3) is 6.08 Å². The number of carbonyl (C=O) groups is 1. The van der Waals surface area contributed by atoms with Gasteiger partial charge in [0.25, 0.3) is 0 Å². The van der Waals surface area contributed by atoms with Gasteiger partial charge in [-0.1, -0.05) is 17.7 Å². The first-order valence-corrected chi connectivity index (χ1v) is 9.71. The Kier molecular flexibility index (Phi) is 6.19. The molecule has 1 heterocycles. The Morgan fingerprint density at radius 1 is 1.07 bits per heavy atom. The molecule has 2 aromatic carbocycles. The number of allylic oxidation sites excluding steroid dienone is 2. The van der Waals surface area contributed by atoms with E-state index in [1.165, 1.54) is 11.3 Å². The van der Waals surface area contributed by atoms with E-state index in [2.05, 4.69) is 30.9 Å². The number of ketones is 1. The van der Waals surface area contributed by atoms with Gasteiger partial charge in [0, 0.05) is 24.8 Å². The van der Waals surface area contributed by atoms with E-state index in [0.717, 1.165) is 18.7 Å². The number of hydrogen-bond donors (Lipinski definition) is 0. The quantitative estimate of drug-likeness (QED) is 0.472. The second-order valence-corrected chi connectivity index (χ2v) is 6.95. The summed E-state index contributed by atoms with van der Waals surface area (Å²) in [6.07, 6.45) is 3.80. The molecule has 0 amide bonds. The number of hydrogen-bond acceptors (Lipinski definition) is 4. The number of rotatable bonds is 7. The van der Waals surface area contributed by atoms with Crippen LogP contribution >= 0.6 is 0 Å². The summed E-state index contributed by atoms with van der Waals surface area (Å²) in [7, 11) is 0. The topological polar surface area (TPSA) is 38.8 Å². The summed E-state index contributed by atoms with van der Waals surface area (Å²) in [5.41, 5.74) is 3.88. The highest BCUT2D eigenvalue weighted by Crippen LogP contribution is 2.35. The van der Waals surface area contributed by atoms with Crippen LogP contribution in [0, 0.1) is 0 Å². The van der Waals surface area contributed by atoms with Crippen LogP contribution in [-0.2, 0) is 0 Å². The van der Waals surface area contributed by atoms with Gasteiger partial charge in [-0.05, 0) is 69.7 Å². The van der Waals surface area contributed by atoms with Gasteiger partial charge in [-0.15, -0.1) is 0 Å². The van der Waals surface area contributed by atoms with Crippen LogP contribution in [0.1, 0.15) is 43.6 Å². The maximum absolute atomic E-state index is 12.6. The molecule has 0 aromatic heterocycles. The predicted molar refractivity (Wildman–Crippen MR) is 114 cm³/mol. The van der Waals surface area contributed by atoms with Crippen LogP contribution in [0.2, 0.25) is 0 Å². The molecule has 1 aliphatic rings. The van der Waals surface area contributed by atoms with Crippen LogP contribution in [0.3, 0.4) is 0 Å². The van der Waals surface area contributed by atoms with Gasteiger partial charge in [0.15, 0.2) is 5.76 Å². The van der Waals surface area contributed by atoms with E-state index in [-0.39, 0.29) is 5.78 Å². The van der Waals surface area contributed by atoms with Crippen LogP contribution < -0.4 is 14.4 Å². The highest BCUT2D eigenvalue weighted by molar-refractivity contribution is 6.14. The van der Waals surface area contributed by atoms with Crippen LogP contribution in [0.15, 0.2) is 59.9 Å². The summed E-state index contributed by atoms with van der Waals surface area (Å²) in [6.45, 7) is 10.8. The van der Waals surface area contributed by atoms with Crippen molar-refractivity contribution < 1.29 is 14.3 Å². The molecule has 0 N–H and O–H groups in total. The zero-order valence-corrected chi connectivity index (χ0v) is 17.0. The van der Waals surface area contributed by atoms with E-state index in [9.17, 15) is 4.79 Å². The SMILES string of the molecule is CCN(CC)c1ccc(/C=C2\Oc3cc(OCC=C(C)C)ccc3C2=O)cc1. The Balaban J connectivity index is 1.75. The monoisotopic (exact) mass is 377 g/mol. The van der Waals surface area contributed by atoms with Gasteiger partial charge >= 0.3 is 0 Å². The number of nitrogens with zero attached hydrogens (tertiary/aromatic N) is 1. The van der Waals surface area contributed by atoms with Crippen molar-refractivity contribution in [3.8, 4) is 11.5 Å². The average molecular weight is 377 g/mol. The zero-order valence-electron chi connectivity index (χ0n) is 17.0. The molecule has 146 valence electrons. The van der Waals surface area contributed by atoms with Gasteiger partial charge in [0.1, 0.15) is 18.1 Å². The van der Waals surface area contributed by atoms with Gasteiger partial charge < -0.3 is 14.4 Å². The summed E-state index contributed by atoms with van der Waals surface area (Å²) in [5.74, 6) is 1.48. The molecule has 2 aromatic rings. The largest absolute Gasteiger partial charge is 0.489 e. The molecule has 28 heavy (non-hydrogen) atoms. The van der Waals surface area contributed by atoms with Crippen molar-refractivity contribution in [2.45, 2.75) is 27.7 Å². The minimum Gasteiger partial charge on any atom is -0.489 e. The highest BCUT2D eigenvalue weighted by atomic mass is 16.5. The fourth-order valence-corrected chi connectivity index (χ4v) is 3.08. The number of benzene rings is 2. The van der Waals surface area contributed by atoms with E-state index >= 15 is 0 Å². The maximum Gasteiger partial charge on any atom is 0.231 e. The normalized spacial score (nSPS) is 13.9. The first-order valence-electron chi connectivity index (χ1n) is 9.71. The number of carbonyl (C=O) groups excluding carboxylic acids is 1. The van der Waals surface area contributed by atoms with E-state index in [1.807, 2.05) is 32.1 Å². The first kappa shape index (κ1) is 19.7. The molecule has 0 radical (unpaired) electrons. The predicted octanol–water partition coefficient (Wildman–Crippen LogP) is 5.49. The summed E-state index contributed by atoms with van der Waals surface area (Å²) in [5, 5.41) is 0. The molecular formula is C24H27NO3. The minimum absolute atomic E-state index is 0.0985. The van der Waals surface area contributed by atoms with Crippen LogP contribution in [0.4, 0.5) is 5.69 Å². The smallest absolute Gasteiger partial charge is 0.231 e. The minimum atomic E-state index is -0.0985. The summed E-state index contributed by atoms with van der Waals surface area (Å²) >= 11 is 0. The second kappa shape index (κ2) is 8.79. The Morgan fingerprint density at radius 2 is 1.79 bits per heavy atom. The lowest BCUT2D eigenvalue weighted by molar-refractivity contribution is 0.101. The standard InChI is InChI=1S/C24H27NO3/c1-5-25(6-2)19-9-7-18(8-10-19)15-23-24(26)21-12-11-20(16-22(21)28-23)27-14-13-17(3)4/h7-13,15-16H,5-6,14H2,1-4H3/b23-15-. The second-order valence-electron chi connectivity index (χ2n) is 6.95. The lowest BCUT2D eigenvalue weighted by Gasteiger charge is -2.20. The Hall–Kier alpha value is -3.01. The van der Waals surface area contributed by atoms with Crippen molar-refractivity contribution in [3.05, 3.63) is 71.0 Å². The van der Waals surface area contributed by atoms with Crippen molar-refractivity contribution in [1.29, 1.82) is 0 Å². The van der Waals surface area contributed by atoms with E-state index in [4.69, 9.17) is 9.47 Å². The summed E-state index contributed by atoms with van der Waals surface area (Å²) < 4.78 is 11.5. The van der Waals surface area contributed by atoms with Crippen molar-refractivity contribution in [1.82, 2.24) is 0 Å². The van der Waals surface area contributed by atoms with Crippen molar-refractivity contribution in [2.75, 3.05) is 24.6 Å². The fraction of sp³-hybridized carbons (Fsp3) is 0.292. The van der Waals surface area contributed by atoms with Crippen molar-refractivity contribution in [2.24, 2.45) is 0 Å². The van der Waals surface area contributed by atoms with E-state index in [1.54, 1.807) is 24.3 Å². The Morgan fingerprint density at radius 3 is 2.43 bits per heavy atom. The molecular weight excluding hydrogens is 350 g/mol. The Labute approximate surface area is 167 Å². The average Bonchev–Trinajstić information content (AvgIpc) is 2.99. The van der Waals surface area contributed by atoms with Gasteiger partial charge in [-0.25, -0.2) is 0 Å². The first-order chi connectivity index (χ1) is 13.5. The lowest BCUT2D eigenvalue weighted by Crippen LogP contribution is -2.21. The van der Waals surface area contributed by atoms with Crippen LogP contribution in [-0.4, -0.2) is 25.5 Å². The molecule has 0 spiro atoms. The molecule has 0 atom stereocenters. The molecule has 3 rings (SSSR count). The molecule has 0 saturated carbocycles. The third-order valence-corrected chi connectivity index (χ3v) is 4.70. The van der Waals surface area contributed by atoms with Gasteiger partial charge in [-0.3, -0.25) is 4.79 Å². The third-order valence-electron chi connectivity index (χ3n) is 4.70. The zero-order chi connectivity index (χ0) is 20.1. The van der Waals surface area contributed by atoms with E-state index in [0.29, 0.717) is 29.4 Å². The number of Topliss-reactive ketones (excluding diaryl/α,β-unsaturated/α-hetero) is 1. The number of fused-ring (bicyclic) bond motifs is 1. The number of anilines is 1. The Bertz CT molecular complexity index is 902. The number of ether oxygens (including phenoxy) is 2. The molecule has 0 aliphatic carbocycles.